The Bertz CT molecular complexity index is 117. The Kier molecular flexibility index (Phi) is 12.6. The standard InChI is InChI=1S/C13H29NS/c1-4-6-7-8-9-10-13(14-3)12-15-11-5-2/h13-14H,4-12H2,1-3H3. The number of hydrogen-bond donors (Lipinski definition) is 1. The molecule has 2 heteroatoms. The molecule has 0 aliphatic rings. The van der Waals surface area contributed by atoms with E-state index in [2.05, 4.69) is 38.0 Å². The third kappa shape index (κ3) is 10.6. The molecule has 0 aromatic rings. The van der Waals surface area contributed by atoms with Gasteiger partial charge in [0.15, 0.2) is 0 Å². The summed E-state index contributed by atoms with van der Waals surface area (Å²) >= 11 is 2.09. The zero-order valence-corrected chi connectivity index (χ0v) is 11.7. The monoisotopic (exact) mass is 231 g/mol. The second-order valence-electron chi connectivity index (χ2n) is 4.26. The van der Waals surface area contributed by atoms with Gasteiger partial charge < -0.3 is 5.32 Å². The van der Waals surface area contributed by atoms with Crippen LogP contribution >= 0.6 is 11.8 Å². The quantitative estimate of drug-likeness (QED) is 0.538. The lowest BCUT2D eigenvalue weighted by Gasteiger charge is -2.15. The molecule has 1 nitrogen and oxygen atoms in total. The summed E-state index contributed by atoms with van der Waals surface area (Å²) in [6.45, 7) is 4.53. The van der Waals surface area contributed by atoms with Gasteiger partial charge in [0.1, 0.15) is 0 Å². The highest BCUT2D eigenvalue weighted by Gasteiger charge is 2.04. The van der Waals surface area contributed by atoms with Gasteiger partial charge in [-0.1, -0.05) is 46.0 Å². The van der Waals surface area contributed by atoms with Gasteiger partial charge >= 0.3 is 0 Å². The molecule has 1 N–H and O–H groups in total. The highest BCUT2D eigenvalue weighted by molar-refractivity contribution is 7.99. The Balaban J connectivity index is 3.28. The molecule has 0 rings (SSSR count). The van der Waals surface area contributed by atoms with Crippen molar-refractivity contribution in [3.63, 3.8) is 0 Å². The van der Waals surface area contributed by atoms with Gasteiger partial charge in [-0.05, 0) is 25.6 Å². The van der Waals surface area contributed by atoms with E-state index in [0.717, 1.165) is 6.04 Å². The summed E-state index contributed by atoms with van der Waals surface area (Å²) in [5.74, 6) is 2.60. The van der Waals surface area contributed by atoms with E-state index in [1.165, 1.54) is 56.5 Å². The van der Waals surface area contributed by atoms with Crippen LogP contribution in [0.2, 0.25) is 0 Å². The minimum absolute atomic E-state index is 0.739. The van der Waals surface area contributed by atoms with Crippen molar-refractivity contribution in [1.82, 2.24) is 5.32 Å². The fraction of sp³-hybridized carbons (Fsp3) is 1.00. The summed E-state index contributed by atoms with van der Waals surface area (Å²) in [6, 6.07) is 0.739. The Morgan fingerprint density at radius 2 is 1.73 bits per heavy atom. The molecular formula is C13H29NS. The van der Waals surface area contributed by atoms with Crippen molar-refractivity contribution in [2.24, 2.45) is 0 Å². The van der Waals surface area contributed by atoms with Crippen LogP contribution in [-0.2, 0) is 0 Å². The first-order valence-corrected chi connectivity index (χ1v) is 7.75. The number of hydrogen-bond acceptors (Lipinski definition) is 2. The topological polar surface area (TPSA) is 12.0 Å². The fourth-order valence-corrected chi connectivity index (χ4v) is 2.75. The molecule has 0 aliphatic carbocycles. The minimum atomic E-state index is 0.739. The molecule has 1 atom stereocenters. The SMILES string of the molecule is CCCCCCCC(CSCCC)NC. The van der Waals surface area contributed by atoms with Crippen molar-refractivity contribution in [1.29, 1.82) is 0 Å². The van der Waals surface area contributed by atoms with Gasteiger partial charge in [0, 0.05) is 11.8 Å². The van der Waals surface area contributed by atoms with Crippen molar-refractivity contribution in [2.75, 3.05) is 18.6 Å². The minimum Gasteiger partial charge on any atom is -0.316 e. The number of unbranched alkanes of at least 4 members (excludes halogenated alkanes) is 4. The van der Waals surface area contributed by atoms with Gasteiger partial charge in [-0.15, -0.1) is 0 Å². The van der Waals surface area contributed by atoms with Crippen LogP contribution in [0.3, 0.4) is 0 Å². The predicted molar refractivity (Wildman–Crippen MR) is 73.8 cm³/mol. The van der Waals surface area contributed by atoms with Crippen molar-refractivity contribution in [3.8, 4) is 0 Å². The molecule has 0 spiro atoms. The molecule has 0 saturated heterocycles. The largest absolute Gasteiger partial charge is 0.316 e. The van der Waals surface area contributed by atoms with Crippen LogP contribution < -0.4 is 5.32 Å². The van der Waals surface area contributed by atoms with Crippen LogP contribution in [0.5, 0.6) is 0 Å². The molecule has 0 aliphatic heterocycles. The van der Waals surface area contributed by atoms with Crippen LogP contribution in [0.1, 0.15) is 58.8 Å². The van der Waals surface area contributed by atoms with Crippen molar-refractivity contribution in [2.45, 2.75) is 64.8 Å². The average Bonchev–Trinajstić information content (AvgIpc) is 2.26. The van der Waals surface area contributed by atoms with Crippen molar-refractivity contribution >= 4 is 11.8 Å². The Hall–Kier alpha value is 0.310. The molecule has 0 bridgehead atoms. The van der Waals surface area contributed by atoms with Crippen LogP contribution in [-0.4, -0.2) is 24.6 Å². The number of thioether (sulfide) groups is 1. The molecule has 0 amide bonds. The number of rotatable bonds is 11. The molecule has 0 aromatic carbocycles. The third-order valence-corrected chi connectivity index (χ3v) is 4.07. The number of nitrogens with one attached hydrogen (secondary N) is 1. The average molecular weight is 231 g/mol. The summed E-state index contributed by atoms with van der Waals surface area (Å²) < 4.78 is 0. The maximum atomic E-state index is 3.43. The van der Waals surface area contributed by atoms with Crippen LogP contribution in [0.4, 0.5) is 0 Å². The smallest absolute Gasteiger partial charge is 0.0155 e. The van der Waals surface area contributed by atoms with Crippen molar-refractivity contribution in [3.05, 3.63) is 0 Å². The normalized spacial score (nSPS) is 13.0. The molecule has 0 radical (unpaired) electrons. The van der Waals surface area contributed by atoms with Crippen LogP contribution in [0.25, 0.3) is 0 Å². The lowest BCUT2D eigenvalue weighted by atomic mass is 10.1. The van der Waals surface area contributed by atoms with Gasteiger partial charge in [0.2, 0.25) is 0 Å². The molecule has 92 valence electrons. The third-order valence-electron chi connectivity index (χ3n) is 2.73. The predicted octanol–water partition coefficient (Wildman–Crippen LogP) is 4.08. The molecule has 0 fully saturated rings. The first-order valence-electron chi connectivity index (χ1n) is 6.60. The van der Waals surface area contributed by atoms with Gasteiger partial charge in [-0.3, -0.25) is 0 Å². The summed E-state index contributed by atoms with van der Waals surface area (Å²) in [5, 5.41) is 3.43. The summed E-state index contributed by atoms with van der Waals surface area (Å²) in [6.07, 6.45) is 9.67. The lowest BCUT2D eigenvalue weighted by Crippen LogP contribution is -2.27. The van der Waals surface area contributed by atoms with E-state index in [1.807, 2.05) is 0 Å². The van der Waals surface area contributed by atoms with E-state index in [9.17, 15) is 0 Å². The molecule has 0 saturated carbocycles. The summed E-state index contributed by atoms with van der Waals surface area (Å²) in [5.41, 5.74) is 0. The van der Waals surface area contributed by atoms with E-state index in [4.69, 9.17) is 0 Å². The zero-order chi connectivity index (χ0) is 11.4. The van der Waals surface area contributed by atoms with E-state index in [1.54, 1.807) is 0 Å². The highest BCUT2D eigenvalue weighted by Crippen LogP contribution is 2.11. The molecule has 15 heavy (non-hydrogen) atoms. The Morgan fingerprint density at radius 1 is 1.00 bits per heavy atom. The summed E-state index contributed by atoms with van der Waals surface area (Å²) in [7, 11) is 2.10. The lowest BCUT2D eigenvalue weighted by molar-refractivity contribution is 0.518. The summed E-state index contributed by atoms with van der Waals surface area (Å²) in [4.78, 5) is 0. The van der Waals surface area contributed by atoms with Crippen molar-refractivity contribution < 1.29 is 0 Å². The highest BCUT2D eigenvalue weighted by atomic mass is 32.2. The molecule has 1 unspecified atom stereocenters. The van der Waals surface area contributed by atoms with Gasteiger partial charge in [-0.25, -0.2) is 0 Å². The van der Waals surface area contributed by atoms with Crippen LogP contribution in [0, 0.1) is 0 Å². The second-order valence-corrected chi connectivity index (χ2v) is 5.41. The second kappa shape index (κ2) is 12.4. The zero-order valence-electron chi connectivity index (χ0n) is 10.8. The first-order chi connectivity index (χ1) is 7.35. The molecule has 0 aromatic heterocycles. The van der Waals surface area contributed by atoms with E-state index in [-0.39, 0.29) is 0 Å². The first kappa shape index (κ1) is 15.3. The van der Waals surface area contributed by atoms with E-state index < -0.39 is 0 Å². The molecule has 0 heterocycles. The maximum absolute atomic E-state index is 3.43. The Labute approximate surface area is 101 Å². The molecular weight excluding hydrogens is 202 g/mol. The van der Waals surface area contributed by atoms with Crippen LogP contribution in [0.15, 0.2) is 0 Å². The van der Waals surface area contributed by atoms with Gasteiger partial charge in [-0.2, -0.15) is 11.8 Å². The van der Waals surface area contributed by atoms with E-state index in [0.29, 0.717) is 0 Å². The van der Waals surface area contributed by atoms with Gasteiger partial charge in [0.25, 0.3) is 0 Å². The van der Waals surface area contributed by atoms with E-state index >= 15 is 0 Å². The maximum Gasteiger partial charge on any atom is 0.0155 e. The Morgan fingerprint density at radius 3 is 2.33 bits per heavy atom. The van der Waals surface area contributed by atoms with Gasteiger partial charge in [0.05, 0.1) is 0 Å². The fourth-order valence-electron chi connectivity index (χ4n) is 1.68.